The number of pyridine rings is 1. The fraction of sp³-hybridized carbons (Fsp3) is 0.0536. The predicted octanol–water partition coefficient (Wildman–Crippen LogP) is 14.5. The summed E-state index contributed by atoms with van der Waals surface area (Å²) in [7, 11) is 0. The molecule has 0 amide bonds. The minimum absolute atomic E-state index is 0.0437. The molecule has 3 heteroatoms. The largest absolute Gasteiger partial charge is 0.247 e. The molecule has 1 aliphatic carbocycles. The lowest BCUT2D eigenvalue weighted by atomic mass is 9.81. The van der Waals surface area contributed by atoms with E-state index in [4.69, 9.17) is 15.0 Å². The van der Waals surface area contributed by atoms with E-state index in [2.05, 4.69) is 196 Å². The zero-order valence-corrected chi connectivity index (χ0v) is 32.9. The molecule has 2 aromatic heterocycles. The van der Waals surface area contributed by atoms with Gasteiger partial charge in [-0.25, -0.2) is 15.0 Å². The third-order valence-corrected chi connectivity index (χ3v) is 12.1. The van der Waals surface area contributed by atoms with E-state index in [0.29, 0.717) is 5.82 Å². The fourth-order valence-electron chi connectivity index (χ4n) is 9.06. The average molecular weight is 754 g/mol. The summed E-state index contributed by atoms with van der Waals surface area (Å²) in [4.78, 5) is 15.4. The van der Waals surface area contributed by atoms with Crippen molar-refractivity contribution in [3.05, 3.63) is 211 Å². The summed E-state index contributed by atoms with van der Waals surface area (Å²) in [5.41, 5.74) is 18.0. The molecule has 11 rings (SSSR count). The van der Waals surface area contributed by atoms with Gasteiger partial charge in [-0.2, -0.15) is 0 Å². The number of benzene rings is 8. The molecule has 2 heterocycles. The summed E-state index contributed by atoms with van der Waals surface area (Å²) >= 11 is 0. The lowest BCUT2D eigenvalue weighted by molar-refractivity contribution is 0.660. The van der Waals surface area contributed by atoms with Crippen LogP contribution < -0.4 is 0 Å². The highest BCUT2D eigenvalue weighted by Gasteiger charge is 2.35. The molecular weight excluding hydrogens is 715 g/mol. The van der Waals surface area contributed by atoms with Gasteiger partial charge in [0.05, 0.1) is 22.6 Å². The molecule has 0 bridgehead atoms. The molecule has 0 N–H and O–H groups in total. The number of fused-ring (bicyclic) bond motifs is 6. The molecule has 278 valence electrons. The summed E-state index contributed by atoms with van der Waals surface area (Å²) in [5, 5.41) is 3.49. The number of nitrogens with zero attached hydrogens (tertiary/aromatic N) is 3. The first-order valence-corrected chi connectivity index (χ1v) is 20.3. The first-order valence-electron chi connectivity index (χ1n) is 20.3. The zero-order valence-electron chi connectivity index (χ0n) is 32.9. The molecule has 0 atom stereocenters. The molecule has 0 saturated carbocycles. The maximum Gasteiger partial charge on any atom is 0.160 e. The predicted molar refractivity (Wildman–Crippen MR) is 245 cm³/mol. The summed E-state index contributed by atoms with van der Waals surface area (Å²) in [6.45, 7) is 4.67. The maximum absolute atomic E-state index is 5.16. The highest BCUT2D eigenvalue weighted by atomic mass is 14.9. The van der Waals surface area contributed by atoms with Gasteiger partial charge in [0.25, 0.3) is 0 Å². The molecular formula is C56H39N3. The standard InChI is InChI=1S/C56H39N3/c1-56(2)48-22-11-9-18-44(48)45-33-32-42(34-49(45)56)36-24-28-38(29-25-36)51-35-52(59-55(58-51)41-16-7-4-8-17-41)39-30-26-37(27-31-39)43-20-13-21-47-53(43)46-19-10-12-23-50(46)57-54(47)40-14-5-3-6-15-40/h3-35H,1-2H3. The third-order valence-electron chi connectivity index (χ3n) is 12.1. The molecule has 0 aliphatic heterocycles. The minimum Gasteiger partial charge on any atom is -0.247 e. The van der Waals surface area contributed by atoms with Crippen LogP contribution in [0.1, 0.15) is 25.0 Å². The van der Waals surface area contributed by atoms with Gasteiger partial charge in [0.1, 0.15) is 0 Å². The third kappa shape index (κ3) is 5.94. The van der Waals surface area contributed by atoms with Gasteiger partial charge in [0.15, 0.2) is 5.82 Å². The van der Waals surface area contributed by atoms with E-state index in [1.54, 1.807) is 0 Å². The molecule has 0 radical (unpaired) electrons. The summed E-state index contributed by atoms with van der Waals surface area (Å²) in [5.74, 6) is 0.702. The molecule has 8 aromatic carbocycles. The van der Waals surface area contributed by atoms with Gasteiger partial charge >= 0.3 is 0 Å². The lowest BCUT2D eigenvalue weighted by Gasteiger charge is -2.22. The summed E-state index contributed by atoms with van der Waals surface area (Å²) in [6.07, 6.45) is 0. The monoisotopic (exact) mass is 753 g/mol. The van der Waals surface area contributed by atoms with Crippen LogP contribution in [0.2, 0.25) is 0 Å². The first-order chi connectivity index (χ1) is 29.0. The molecule has 0 fully saturated rings. The Kier molecular flexibility index (Phi) is 8.16. The van der Waals surface area contributed by atoms with E-state index >= 15 is 0 Å². The van der Waals surface area contributed by atoms with Crippen LogP contribution >= 0.6 is 0 Å². The van der Waals surface area contributed by atoms with Crippen LogP contribution in [0.4, 0.5) is 0 Å². The van der Waals surface area contributed by atoms with E-state index in [-0.39, 0.29) is 5.41 Å². The van der Waals surface area contributed by atoms with Crippen LogP contribution in [0.25, 0.3) is 100 Å². The van der Waals surface area contributed by atoms with E-state index in [1.807, 2.05) is 18.2 Å². The Morgan fingerprint density at radius 3 is 1.61 bits per heavy atom. The SMILES string of the molecule is CC1(C)c2ccccc2-c2ccc(-c3ccc(-c4cc(-c5ccc(-c6cccc7c(-c8ccccc8)nc8ccccc8c67)cc5)nc(-c5ccccc5)n4)cc3)cc21. The number of para-hydroxylation sites is 1. The number of hydrogen-bond acceptors (Lipinski definition) is 3. The normalized spacial score (nSPS) is 12.7. The van der Waals surface area contributed by atoms with Gasteiger partial charge in [-0.15, -0.1) is 0 Å². The van der Waals surface area contributed by atoms with Crippen LogP contribution in [-0.4, -0.2) is 15.0 Å². The smallest absolute Gasteiger partial charge is 0.160 e. The number of aromatic nitrogens is 3. The molecule has 1 aliphatic rings. The van der Waals surface area contributed by atoms with Gasteiger partial charge < -0.3 is 0 Å². The van der Waals surface area contributed by atoms with Crippen molar-refractivity contribution in [3.8, 4) is 78.5 Å². The quantitative estimate of drug-likeness (QED) is 0.159. The minimum atomic E-state index is -0.0437. The second-order valence-corrected chi connectivity index (χ2v) is 16.0. The highest BCUT2D eigenvalue weighted by molar-refractivity contribution is 6.17. The van der Waals surface area contributed by atoms with Crippen LogP contribution in [0.15, 0.2) is 200 Å². The topological polar surface area (TPSA) is 38.7 Å². The van der Waals surface area contributed by atoms with Crippen molar-refractivity contribution in [1.82, 2.24) is 15.0 Å². The van der Waals surface area contributed by atoms with Gasteiger partial charge in [0.2, 0.25) is 0 Å². The van der Waals surface area contributed by atoms with Crippen LogP contribution in [0.5, 0.6) is 0 Å². The van der Waals surface area contributed by atoms with Crippen molar-refractivity contribution >= 4 is 21.7 Å². The van der Waals surface area contributed by atoms with Crippen molar-refractivity contribution in [2.24, 2.45) is 0 Å². The molecule has 0 spiro atoms. The number of hydrogen-bond donors (Lipinski definition) is 0. The van der Waals surface area contributed by atoms with Gasteiger partial charge in [-0.1, -0.05) is 196 Å². The van der Waals surface area contributed by atoms with Crippen LogP contribution in [0.3, 0.4) is 0 Å². The lowest BCUT2D eigenvalue weighted by Crippen LogP contribution is -2.14. The maximum atomic E-state index is 5.16. The molecule has 0 saturated heterocycles. The van der Waals surface area contributed by atoms with E-state index in [9.17, 15) is 0 Å². The average Bonchev–Trinajstić information content (AvgIpc) is 3.54. The van der Waals surface area contributed by atoms with Crippen molar-refractivity contribution in [1.29, 1.82) is 0 Å². The highest BCUT2D eigenvalue weighted by Crippen LogP contribution is 2.49. The van der Waals surface area contributed by atoms with Crippen molar-refractivity contribution in [2.75, 3.05) is 0 Å². The van der Waals surface area contributed by atoms with Crippen molar-refractivity contribution in [3.63, 3.8) is 0 Å². The van der Waals surface area contributed by atoms with E-state index in [1.165, 1.54) is 44.3 Å². The Bertz CT molecular complexity index is 3200. The molecule has 10 aromatic rings. The summed E-state index contributed by atoms with van der Waals surface area (Å²) in [6, 6.07) is 71.2. The Balaban J connectivity index is 0.972. The Labute approximate surface area is 344 Å². The first kappa shape index (κ1) is 34.7. The number of rotatable bonds is 6. The van der Waals surface area contributed by atoms with Crippen molar-refractivity contribution < 1.29 is 0 Å². The van der Waals surface area contributed by atoms with Crippen molar-refractivity contribution in [2.45, 2.75) is 19.3 Å². The van der Waals surface area contributed by atoms with Crippen LogP contribution in [0, 0.1) is 0 Å². The van der Waals surface area contributed by atoms with Gasteiger partial charge in [-0.3, -0.25) is 0 Å². The Hall–Kier alpha value is -7.49. The van der Waals surface area contributed by atoms with Crippen LogP contribution in [-0.2, 0) is 5.41 Å². The van der Waals surface area contributed by atoms with E-state index < -0.39 is 0 Å². The second kappa shape index (κ2) is 13.9. The Morgan fingerprint density at radius 2 is 0.881 bits per heavy atom. The molecule has 3 nitrogen and oxygen atoms in total. The molecule has 0 unspecified atom stereocenters. The van der Waals surface area contributed by atoms with E-state index in [0.717, 1.165) is 61.2 Å². The second-order valence-electron chi connectivity index (χ2n) is 16.0. The van der Waals surface area contributed by atoms with Gasteiger partial charge in [0, 0.05) is 43.8 Å². The fourth-order valence-corrected chi connectivity index (χ4v) is 9.06. The Morgan fingerprint density at radius 1 is 0.339 bits per heavy atom. The summed E-state index contributed by atoms with van der Waals surface area (Å²) < 4.78 is 0. The van der Waals surface area contributed by atoms with Gasteiger partial charge in [-0.05, 0) is 62.7 Å². The molecule has 59 heavy (non-hydrogen) atoms. The zero-order chi connectivity index (χ0) is 39.5.